The molecule has 21 heavy (non-hydrogen) atoms. The van der Waals surface area contributed by atoms with Crippen molar-refractivity contribution < 1.29 is 19.1 Å². The van der Waals surface area contributed by atoms with Crippen LogP contribution in [0.3, 0.4) is 0 Å². The fourth-order valence-electron chi connectivity index (χ4n) is 2.11. The number of fused-ring (bicyclic) bond motifs is 2. The number of nitrogen functional groups attached to an aromatic ring is 1. The van der Waals surface area contributed by atoms with E-state index in [1.54, 1.807) is 12.1 Å². The maximum Gasteiger partial charge on any atom is 0.340 e. The van der Waals surface area contributed by atoms with Gasteiger partial charge < -0.3 is 15.3 Å². The summed E-state index contributed by atoms with van der Waals surface area (Å²) in [6.45, 7) is 0. The molecule has 0 aromatic heterocycles. The molecular formula is C14H8N2O5. The molecule has 0 saturated heterocycles. The fourth-order valence-corrected chi connectivity index (χ4v) is 2.11. The molecule has 3 N–H and O–H groups in total. The molecule has 1 heterocycles. The van der Waals surface area contributed by atoms with Crippen LogP contribution in [0.4, 0.5) is 5.69 Å². The van der Waals surface area contributed by atoms with E-state index in [1.165, 1.54) is 6.07 Å². The Morgan fingerprint density at radius 1 is 1.38 bits per heavy atom. The van der Waals surface area contributed by atoms with Crippen LogP contribution in [0.15, 0.2) is 33.5 Å². The van der Waals surface area contributed by atoms with Crippen LogP contribution in [0.5, 0.6) is 0 Å². The number of nitrogens with two attached hydrogens (primary N) is 1. The summed E-state index contributed by atoms with van der Waals surface area (Å²) in [6.07, 6.45) is 0.586. The van der Waals surface area contributed by atoms with Crippen LogP contribution >= 0.6 is 0 Å². The Balaban J connectivity index is 2.56. The summed E-state index contributed by atoms with van der Waals surface area (Å²) in [7, 11) is 0. The third-order valence-corrected chi connectivity index (χ3v) is 3.08. The predicted molar refractivity (Wildman–Crippen MR) is 73.7 cm³/mol. The van der Waals surface area contributed by atoms with Crippen molar-refractivity contribution >= 4 is 29.0 Å². The number of para-hydroxylation sites is 1. The predicted octanol–water partition coefficient (Wildman–Crippen LogP) is 1.39. The highest BCUT2D eigenvalue weighted by Crippen LogP contribution is 2.30. The first kappa shape index (κ1) is 12.8. The van der Waals surface area contributed by atoms with Crippen LogP contribution < -0.4 is 11.2 Å². The zero-order chi connectivity index (χ0) is 15.1. The van der Waals surface area contributed by atoms with Crippen molar-refractivity contribution in [2.24, 2.45) is 0 Å². The van der Waals surface area contributed by atoms with Crippen LogP contribution in [-0.2, 0) is 0 Å². The summed E-state index contributed by atoms with van der Waals surface area (Å²) in [5.41, 5.74) is 4.68. The quantitative estimate of drug-likeness (QED) is 0.414. The number of nitrogens with zero attached hydrogens (tertiary/aromatic N) is 1. The van der Waals surface area contributed by atoms with Gasteiger partial charge in [-0.1, -0.05) is 6.07 Å². The SMILES string of the molecule is Nc1c(C(=O)O)c2nc3c(C=O)cccc3oc-2cc1=O. The average Bonchev–Trinajstić information content (AvgIpc) is 2.45. The Morgan fingerprint density at radius 3 is 2.81 bits per heavy atom. The highest BCUT2D eigenvalue weighted by molar-refractivity contribution is 6.02. The van der Waals surface area contributed by atoms with E-state index in [4.69, 9.17) is 10.2 Å². The normalized spacial score (nSPS) is 10.9. The zero-order valence-corrected chi connectivity index (χ0v) is 10.5. The molecule has 0 bridgehead atoms. The van der Waals surface area contributed by atoms with Gasteiger partial charge in [0.1, 0.15) is 16.8 Å². The van der Waals surface area contributed by atoms with E-state index in [2.05, 4.69) is 4.98 Å². The van der Waals surface area contributed by atoms with Crippen molar-refractivity contribution in [2.75, 3.05) is 5.73 Å². The molecule has 0 fully saturated rings. The van der Waals surface area contributed by atoms with Gasteiger partial charge in [0.15, 0.2) is 17.6 Å². The molecule has 7 heteroatoms. The number of aromatic nitrogens is 1. The second-order valence-electron chi connectivity index (χ2n) is 4.34. The van der Waals surface area contributed by atoms with Crippen LogP contribution in [0.2, 0.25) is 0 Å². The van der Waals surface area contributed by atoms with Gasteiger partial charge in [-0.15, -0.1) is 0 Å². The molecule has 1 aliphatic carbocycles. The van der Waals surface area contributed by atoms with Crippen LogP contribution in [0, 0.1) is 0 Å². The molecule has 0 radical (unpaired) electrons. The minimum Gasteiger partial charge on any atom is -0.478 e. The number of carboxylic acid groups (broad SMARTS) is 1. The van der Waals surface area contributed by atoms with Crippen LogP contribution in [-0.4, -0.2) is 22.3 Å². The molecule has 0 saturated carbocycles. The van der Waals surface area contributed by atoms with Crippen LogP contribution in [0.1, 0.15) is 20.7 Å². The number of benzene rings is 2. The van der Waals surface area contributed by atoms with E-state index >= 15 is 0 Å². The van der Waals surface area contributed by atoms with E-state index in [0.717, 1.165) is 6.07 Å². The third-order valence-electron chi connectivity index (χ3n) is 3.08. The smallest absolute Gasteiger partial charge is 0.340 e. The number of carbonyl (C=O) groups excluding carboxylic acids is 1. The lowest BCUT2D eigenvalue weighted by molar-refractivity contribution is 0.0698. The number of hydrogen-bond donors (Lipinski definition) is 2. The summed E-state index contributed by atoms with van der Waals surface area (Å²) >= 11 is 0. The second-order valence-corrected chi connectivity index (χ2v) is 4.34. The molecule has 2 aliphatic rings. The van der Waals surface area contributed by atoms with Crippen molar-refractivity contribution in [1.29, 1.82) is 0 Å². The van der Waals surface area contributed by atoms with Crippen molar-refractivity contribution in [1.82, 2.24) is 4.98 Å². The topological polar surface area (TPSA) is 123 Å². The van der Waals surface area contributed by atoms with Gasteiger partial charge in [0.05, 0.1) is 5.69 Å². The van der Waals surface area contributed by atoms with Gasteiger partial charge in [0.2, 0.25) is 5.43 Å². The van der Waals surface area contributed by atoms with Gasteiger partial charge in [-0.05, 0) is 12.1 Å². The molecule has 0 unspecified atom stereocenters. The van der Waals surface area contributed by atoms with E-state index in [1.807, 2.05) is 0 Å². The zero-order valence-electron chi connectivity index (χ0n) is 10.5. The first-order valence-corrected chi connectivity index (χ1v) is 5.87. The third kappa shape index (κ3) is 1.83. The highest BCUT2D eigenvalue weighted by atomic mass is 16.4. The largest absolute Gasteiger partial charge is 0.478 e. The number of carboxylic acids is 1. The lowest BCUT2D eigenvalue weighted by Crippen LogP contribution is -2.17. The standard InChI is InChI=1S/C14H8N2O5/c15-11-7(18)4-9-13(10(11)14(19)20)16-12-6(5-17)2-1-3-8(12)21-9/h1-5H,15H2,(H,19,20). The van der Waals surface area contributed by atoms with Crippen LogP contribution in [0.25, 0.3) is 22.6 Å². The highest BCUT2D eigenvalue weighted by Gasteiger charge is 2.24. The van der Waals surface area contributed by atoms with E-state index in [-0.39, 0.29) is 28.1 Å². The molecule has 1 aliphatic heterocycles. The Labute approximate surface area is 117 Å². The van der Waals surface area contributed by atoms with E-state index in [0.29, 0.717) is 6.29 Å². The summed E-state index contributed by atoms with van der Waals surface area (Å²) in [4.78, 5) is 38.2. The molecule has 7 nitrogen and oxygen atoms in total. The number of carbonyl (C=O) groups is 2. The molecule has 1 aromatic carbocycles. The molecule has 0 amide bonds. The van der Waals surface area contributed by atoms with E-state index in [9.17, 15) is 19.5 Å². The molecule has 3 rings (SSSR count). The number of rotatable bonds is 2. The van der Waals surface area contributed by atoms with Gasteiger partial charge in [0.25, 0.3) is 0 Å². The molecule has 0 atom stereocenters. The molecule has 0 spiro atoms. The lowest BCUT2D eigenvalue weighted by atomic mass is 10.1. The molecule has 104 valence electrons. The number of aldehydes is 1. The van der Waals surface area contributed by atoms with Crippen molar-refractivity contribution in [3.63, 3.8) is 0 Å². The summed E-state index contributed by atoms with van der Waals surface area (Å²) < 4.78 is 5.48. The summed E-state index contributed by atoms with van der Waals surface area (Å²) in [5, 5.41) is 9.22. The summed E-state index contributed by atoms with van der Waals surface area (Å²) in [6, 6.07) is 5.76. The maximum absolute atomic E-state index is 11.7. The Morgan fingerprint density at radius 2 is 2.14 bits per heavy atom. The van der Waals surface area contributed by atoms with Crippen molar-refractivity contribution in [3.05, 3.63) is 45.6 Å². The van der Waals surface area contributed by atoms with Gasteiger partial charge in [0, 0.05) is 11.6 Å². The monoisotopic (exact) mass is 284 g/mol. The Bertz CT molecular complexity index is 929. The number of hydrogen-bond acceptors (Lipinski definition) is 6. The van der Waals surface area contributed by atoms with Crippen molar-refractivity contribution in [2.45, 2.75) is 0 Å². The Kier molecular flexibility index (Phi) is 2.69. The fraction of sp³-hybridized carbons (Fsp3) is 0. The lowest BCUT2D eigenvalue weighted by Gasteiger charge is -2.11. The first-order valence-electron chi connectivity index (χ1n) is 5.87. The summed E-state index contributed by atoms with van der Waals surface area (Å²) in [5.74, 6) is -1.39. The average molecular weight is 284 g/mol. The second kappa shape index (κ2) is 4.41. The molecule has 1 aromatic rings. The van der Waals surface area contributed by atoms with E-state index < -0.39 is 22.6 Å². The number of anilines is 1. The minimum atomic E-state index is -1.39. The maximum atomic E-state index is 11.7. The van der Waals surface area contributed by atoms with Gasteiger partial charge >= 0.3 is 5.97 Å². The minimum absolute atomic E-state index is 0.00199. The Hall–Kier alpha value is -3.22. The number of aromatic carboxylic acids is 1. The van der Waals surface area contributed by atoms with Gasteiger partial charge in [-0.3, -0.25) is 9.59 Å². The molecular weight excluding hydrogens is 276 g/mol. The first-order chi connectivity index (χ1) is 10.0. The van der Waals surface area contributed by atoms with Gasteiger partial charge in [-0.25, -0.2) is 9.78 Å². The van der Waals surface area contributed by atoms with Crippen molar-refractivity contribution in [3.8, 4) is 11.5 Å². The van der Waals surface area contributed by atoms with Gasteiger partial charge in [-0.2, -0.15) is 0 Å².